The van der Waals surface area contributed by atoms with Crippen LogP contribution in [0.15, 0.2) is 18.2 Å². The van der Waals surface area contributed by atoms with Gasteiger partial charge in [0.25, 0.3) is 5.91 Å². The molecule has 0 radical (unpaired) electrons. The molecule has 1 aliphatic carbocycles. The fourth-order valence-electron chi connectivity index (χ4n) is 4.48. The predicted molar refractivity (Wildman–Crippen MR) is 105 cm³/mol. The molecule has 0 N–H and O–H groups in total. The Morgan fingerprint density at radius 1 is 1.12 bits per heavy atom. The van der Waals surface area contributed by atoms with Gasteiger partial charge in [0.2, 0.25) is 0 Å². The second-order valence-corrected chi connectivity index (χ2v) is 11.4. The Labute approximate surface area is 157 Å². The minimum absolute atomic E-state index is 0.0448. The van der Waals surface area contributed by atoms with Gasteiger partial charge in [0.15, 0.2) is 9.84 Å². The van der Waals surface area contributed by atoms with Crippen molar-refractivity contribution in [2.24, 2.45) is 0 Å². The number of fused-ring (bicyclic) bond motifs is 1. The van der Waals surface area contributed by atoms with Crippen LogP contribution in [0.1, 0.15) is 75.4 Å². The molecule has 1 heterocycles. The zero-order valence-corrected chi connectivity index (χ0v) is 17.4. The summed E-state index contributed by atoms with van der Waals surface area (Å²) in [6.45, 7) is 11.5. The Morgan fingerprint density at radius 2 is 1.73 bits per heavy atom. The van der Waals surface area contributed by atoms with Crippen molar-refractivity contribution in [2.45, 2.75) is 70.8 Å². The van der Waals surface area contributed by atoms with Crippen LogP contribution in [0.4, 0.5) is 0 Å². The van der Waals surface area contributed by atoms with E-state index in [0.717, 1.165) is 12.8 Å². The lowest BCUT2D eigenvalue weighted by Gasteiger charge is -2.42. The maximum atomic E-state index is 13.2. The summed E-state index contributed by atoms with van der Waals surface area (Å²) in [5, 5.41) is 0. The van der Waals surface area contributed by atoms with E-state index in [1.807, 2.05) is 13.0 Å². The topological polar surface area (TPSA) is 54.5 Å². The highest BCUT2D eigenvalue weighted by Crippen LogP contribution is 2.46. The van der Waals surface area contributed by atoms with E-state index >= 15 is 0 Å². The van der Waals surface area contributed by atoms with E-state index in [-0.39, 0.29) is 34.3 Å². The van der Waals surface area contributed by atoms with Crippen LogP contribution < -0.4 is 0 Å². The van der Waals surface area contributed by atoms with Crippen molar-refractivity contribution >= 4 is 15.7 Å². The van der Waals surface area contributed by atoms with Crippen molar-refractivity contribution in [3.63, 3.8) is 0 Å². The molecule has 3 rings (SSSR count). The molecule has 144 valence electrons. The average Bonchev–Trinajstić information content (AvgIpc) is 2.92. The molecule has 0 aromatic heterocycles. The Kier molecular flexibility index (Phi) is 4.75. The van der Waals surface area contributed by atoms with Crippen LogP contribution in [0.2, 0.25) is 0 Å². The van der Waals surface area contributed by atoms with E-state index in [1.165, 1.54) is 11.1 Å². The van der Waals surface area contributed by atoms with Gasteiger partial charge in [0, 0.05) is 18.2 Å². The van der Waals surface area contributed by atoms with E-state index in [0.29, 0.717) is 18.5 Å². The quantitative estimate of drug-likeness (QED) is 0.807. The minimum atomic E-state index is -3.01. The third-order valence-corrected chi connectivity index (χ3v) is 8.10. The molecule has 26 heavy (non-hydrogen) atoms. The lowest BCUT2D eigenvalue weighted by Crippen LogP contribution is -2.41. The van der Waals surface area contributed by atoms with Crippen LogP contribution in [0.5, 0.6) is 0 Å². The maximum absolute atomic E-state index is 13.2. The molecular weight excluding hydrogens is 346 g/mol. The van der Waals surface area contributed by atoms with E-state index in [2.05, 4.69) is 39.8 Å². The van der Waals surface area contributed by atoms with Gasteiger partial charge in [-0.3, -0.25) is 4.79 Å². The number of benzene rings is 1. The first-order valence-electron chi connectivity index (χ1n) is 9.63. The summed E-state index contributed by atoms with van der Waals surface area (Å²) in [4.78, 5) is 14.9. The third kappa shape index (κ3) is 3.42. The molecule has 4 nitrogen and oxygen atoms in total. The number of nitrogens with zero attached hydrogens (tertiary/aromatic N) is 1. The molecular formula is C21H31NO3S. The van der Waals surface area contributed by atoms with Gasteiger partial charge in [-0.15, -0.1) is 0 Å². The van der Waals surface area contributed by atoms with Gasteiger partial charge in [-0.1, -0.05) is 33.8 Å². The fraction of sp³-hybridized carbons (Fsp3) is 0.667. The van der Waals surface area contributed by atoms with E-state index in [1.54, 1.807) is 4.90 Å². The number of amides is 1. The molecule has 1 aliphatic heterocycles. The van der Waals surface area contributed by atoms with Crippen LogP contribution in [0.25, 0.3) is 0 Å². The van der Waals surface area contributed by atoms with Crippen molar-refractivity contribution in [2.75, 3.05) is 18.1 Å². The van der Waals surface area contributed by atoms with Crippen molar-refractivity contribution in [1.29, 1.82) is 0 Å². The predicted octanol–water partition coefficient (Wildman–Crippen LogP) is 3.68. The zero-order valence-electron chi connectivity index (χ0n) is 16.6. The molecule has 1 unspecified atom stereocenters. The molecule has 1 amide bonds. The lowest BCUT2D eigenvalue weighted by atomic mass is 9.63. The Morgan fingerprint density at radius 3 is 2.27 bits per heavy atom. The number of hydrogen-bond donors (Lipinski definition) is 0. The molecule has 5 heteroatoms. The van der Waals surface area contributed by atoms with Crippen molar-refractivity contribution in [3.05, 3.63) is 34.9 Å². The highest BCUT2D eigenvalue weighted by Gasteiger charge is 2.38. The van der Waals surface area contributed by atoms with Gasteiger partial charge >= 0.3 is 0 Å². The number of rotatable bonds is 3. The average molecular weight is 378 g/mol. The molecule has 1 atom stereocenters. The second kappa shape index (κ2) is 6.36. The SMILES string of the molecule is CCN(C(=O)c1ccc2c(c1)C(C)(C)CCC2(C)C)C1CCS(=O)(=O)C1. The van der Waals surface area contributed by atoms with E-state index in [4.69, 9.17) is 0 Å². The van der Waals surface area contributed by atoms with E-state index < -0.39 is 9.84 Å². The molecule has 0 saturated carbocycles. The maximum Gasteiger partial charge on any atom is 0.254 e. The Bertz CT molecular complexity index is 824. The normalized spacial score (nSPS) is 25.5. The first-order valence-corrected chi connectivity index (χ1v) is 11.5. The van der Waals surface area contributed by atoms with Gasteiger partial charge in [0.05, 0.1) is 11.5 Å². The number of sulfone groups is 1. The summed E-state index contributed by atoms with van der Waals surface area (Å²) in [5.74, 6) is 0.236. The van der Waals surface area contributed by atoms with Gasteiger partial charge in [-0.05, 0) is 60.3 Å². The van der Waals surface area contributed by atoms with Gasteiger partial charge in [-0.2, -0.15) is 0 Å². The van der Waals surface area contributed by atoms with Crippen LogP contribution in [0.3, 0.4) is 0 Å². The van der Waals surface area contributed by atoms with Gasteiger partial charge in [-0.25, -0.2) is 8.42 Å². The molecule has 2 aliphatic rings. The smallest absolute Gasteiger partial charge is 0.254 e. The molecule has 1 aromatic rings. The van der Waals surface area contributed by atoms with E-state index in [9.17, 15) is 13.2 Å². The van der Waals surface area contributed by atoms with Gasteiger partial charge in [0.1, 0.15) is 0 Å². The summed E-state index contributed by atoms with van der Waals surface area (Å²) in [6, 6.07) is 5.90. The summed E-state index contributed by atoms with van der Waals surface area (Å²) in [6.07, 6.45) is 2.79. The lowest BCUT2D eigenvalue weighted by molar-refractivity contribution is 0.0708. The van der Waals surface area contributed by atoms with Crippen molar-refractivity contribution in [3.8, 4) is 0 Å². The largest absolute Gasteiger partial charge is 0.335 e. The number of carbonyl (C=O) groups is 1. The number of hydrogen-bond acceptors (Lipinski definition) is 3. The highest BCUT2D eigenvalue weighted by molar-refractivity contribution is 7.91. The minimum Gasteiger partial charge on any atom is -0.335 e. The monoisotopic (exact) mass is 377 g/mol. The Hall–Kier alpha value is -1.36. The van der Waals surface area contributed by atoms with Crippen LogP contribution >= 0.6 is 0 Å². The summed E-state index contributed by atoms with van der Waals surface area (Å²) in [7, 11) is -3.01. The summed E-state index contributed by atoms with van der Waals surface area (Å²) in [5.41, 5.74) is 3.44. The van der Waals surface area contributed by atoms with Crippen molar-refractivity contribution < 1.29 is 13.2 Å². The summed E-state index contributed by atoms with van der Waals surface area (Å²) < 4.78 is 23.7. The molecule has 0 spiro atoms. The van der Waals surface area contributed by atoms with Crippen LogP contribution in [0, 0.1) is 0 Å². The Balaban J connectivity index is 1.96. The first-order chi connectivity index (χ1) is 12.0. The zero-order chi connectivity index (χ0) is 19.3. The molecule has 0 bridgehead atoms. The van der Waals surface area contributed by atoms with Crippen LogP contribution in [-0.4, -0.2) is 43.3 Å². The molecule has 1 aromatic carbocycles. The molecule has 1 fully saturated rings. The highest BCUT2D eigenvalue weighted by atomic mass is 32.2. The van der Waals surface area contributed by atoms with Crippen molar-refractivity contribution in [1.82, 2.24) is 4.90 Å². The summed E-state index contributed by atoms with van der Waals surface area (Å²) >= 11 is 0. The standard InChI is InChI=1S/C21H31NO3S/c1-6-22(16-9-12-26(24,25)14-16)19(23)15-7-8-17-18(13-15)21(4,5)11-10-20(17,2)3/h7-8,13,16H,6,9-12,14H2,1-5H3. The van der Waals surface area contributed by atoms with Crippen LogP contribution in [-0.2, 0) is 20.7 Å². The fourth-order valence-corrected chi connectivity index (χ4v) is 6.21. The number of carbonyl (C=O) groups excluding carboxylic acids is 1. The third-order valence-electron chi connectivity index (χ3n) is 6.35. The first kappa shape index (κ1) is 19.4. The molecule has 1 saturated heterocycles. The second-order valence-electron chi connectivity index (χ2n) is 9.18. The van der Waals surface area contributed by atoms with Gasteiger partial charge < -0.3 is 4.90 Å².